The van der Waals surface area contributed by atoms with Gasteiger partial charge in [0.2, 0.25) is 17.1 Å². The van der Waals surface area contributed by atoms with Gasteiger partial charge in [0.15, 0.2) is 5.75 Å². The molecule has 2 fully saturated rings. The van der Waals surface area contributed by atoms with Gasteiger partial charge in [-0.25, -0.2) is 9.78 Å². The van der Waals surface area contributed by atoms with Crippen molar-refractivity contribution in [1.29, 1.82) is 0 Å². The lowest BCUT2D eigenvalue weighted by Gasteiger charge is -2.54. The molecule has 1 saturated heterocycles. The first-order chi connectivity index (χ1) is 17.4. The number of amides is 1. The number of nitrogens with zero attached hydrogens (tertiary/aromatic N) is 4. The highest BCUT2D eigenvalue weighted by atomic mass is 16.6. The number of oxazole rings is 1. The molecule has 1 aliphatic carbocycles. The molecule has 1 aliphatic heterocycles. The maximum absolute atomic E-state index is 12.8. The van der Waals surface area contributed by atoms with Crippen molar-refractivity contribution in [2.24, 2.45) is 0 Å². The van der Waals surface area contributed by atoms with Gasteiger partial charge in [0.25, 0.3) is 0 Å². The van der Waals surface area contributed by atoms with Crippen molar-refractivity contribution >= 4 is 23.0 Å². The minimum Gasteiger partial charge on any atom is -0.491 e. The summed E-state index contributed by atoms with van der Waals surface area (Å²) in [6.07, 6.45) is 1.65. The number of ether oxygens (including phenoxy) is 2. The summed E-state index contributed by atoms with van der Waals surface area (Å²) in [6, 6.07) is 7.74. The third kappa shape index (κ3) is 4.61. The summed E-state index contributed by atoms with van der Waals surface area (Å²) in [7, 11) is 1.63. The van der Waals surface area contributed by atoms with Crippen LogP contribution in [-0.4, -0.2) is 64.0 Å². The lowest BCUT2D eigenvalue weighted by Crippen LogP contribution is -2.66. The number of aliphatic hydroxyl groups is 1. The van der Waals surface area contributed by atoms with E-state index in [1.54, 1.807) is 21.0 Å². The van der Waals surface area contributed by atoms with Crippen LogP contribution in [0.5, 0.6) is 5.75 Å². The van der Waals surface area contributed by atoms with E-state index in [1.165, 1.54) is 0 Å². The van der Waals surface area contributed by atoms with E-state index in [2.05, 4.69) is 9.88 Å². The van der Waals surface area contributed by atoms with E-state index < -0.39 is 11.2 Å². The number of benzene rings is 1. The van der Waals surface area contributed by atoms with Gasteiger partial charge >= 0.3 is 6.09 Å². The third-order valence-electron chi connectivity index (χ3n) is 7.19. The zero-order valence-electron chi connectivity index (χ0n) is 22.7. The first-order valence-electron chi connectivity index (χ1n) is 12.8. The summed E-state index contributed by atoms with van der Waals surface area (Å²) in [6.45, 7) is 12.3. The second kappa shape index (κ2) is 8.90. The largest absolute Gasteiger partial charge is 0.491 e. The number of aromatic nitrogens is 2. The molecule has 3 aromatic rings. The van der Waals surface area contributed by atoms with E-state index in [9.17, 15) is 9.90 Å². The molecule has 3 heterocycles. The van der Waals surface area contributed by atoms with Crippen molar-refractivity contribution in [1.82, 2.24) is 14.9 Å². The van der Waals surface area contributed by atoms with E-state index in [-0.39, 0.29) is 18.2 Å². The van der Waals surface area contributed by atoms with Crippen molar-refractivity contribution < 1.29 is 23.8 Å². The fraction of sp³-hybridized carbons (Fsp3) is 0.536. The summed E-state index contributed by atoms with van der Waals surface area (Å²) in [5.41, 5.74) is 2.81. The average molecular weight is 509 g/mol. The monoisotopic (exact) mass is 508 g/mol. The number of methoxy groups -OCH3 is 1. The molecule has 0 radical (unpaired) electrons. The zero-order valence-corrected chi connectivity index (χ0v) is 22.7. The van der Waals surface area contributed by atoms with Gasteiger partial charge in [0, 0.05) is 24.7 Å². The molecule has 0 spiro atoms. The van der Waals surface area contributed by atoms with Gasteiger partial charge in [-0.15, -0.1) is 0 Å². The number of hydrogen-bond donors (Lipinski definition) is 1. The molecule has 198 valence electrons. The Morgan fingerprint density at radius 2 is 1.73 bits per heavy atom. The van der Waals surface area contributed by atoms with Gasteiger partial charge in [0.1, 0.15) is 11.3 Å². The highest BCUT2D eigenvalue weighted by molar-refractivity contribution is 5.87. The van der Waals surface area contributed by atoms with Crippen LogP contribution in [0.1, 0.15) is 58.7 Å². The predicted molar refractivity (Wildman–Crippen MR) is 141 cm³/mol. The van der Waals surface area contributed by atoms with E-state index >= 15 is 0 Å². The Morgan fingerprint density at radius 1 is 1.05 bits per heavy atom. The summed E-state index contributed by atoms with van der Waals surface area (Å²) in [4.78, 5) is 26.4. The first-order valence-corrected chi connectivity index (χ1v) is 12.8. The van der Waals surface area contributed by atoms with Gasteiger partial charge in [-0.3, -0.25) is 0 Å². The molecule has 2 aromatic heterocycles. The van der Waals surface area contributed by atoms with E-state index in [4.69, 9.17) is 18.9 Å². The van der Waals surface area contributed by atoms with Crippen LogP contribution in [0.25, 0.3) is 22.7 Å². The van der Waals surface area contributed by atoms with Crippen LogP contribution >= 0.6 is 0 Å². The Bertz CT molecular complexity index is 1320. The van der Waals surface area contributed by atoms with E-state index in [0.717, 1.165) is 35.3 Å². The van der Waals surface area contributed by atoms with Crippen molar-refractivity contribution in [2.45, 2.75) is 77.7 Å². The van der Waals surface area contributed by atoms with Crippen LogP contribution < -0.4 is 9.64 Å². The van der Waals surface area contributed by atoms with Crippen LogP contribution in [0.2, 0.25) is 0 Å². The second-order valence-corrected chi connectivity index (χ2v) is 11.5. The van der Waals surface area contributed by atoms with Crippen LogP contribution in [0.3, 0.4) is 0 Å². The molecule has 2 atom stereocenters. The smallest absolute Gasteiger partial charge is 0.410 e. The molecule has 1 saturated carbocycles. The van der Waals surface area contributed by atoms with E-state index in [1.807, 2.05) is 56.9 Å². The molecule has 0 bridgehead atoms. The Kier molecular flexibility index (Phi) is 6.09. The molecule has 1 aromatic carbocycles. The van der Waals surface area contributed by atoms with Crippen LogP contribution in [0.4, 0.5) is 10.5 Å². The maximum Gasteiger partial charge on any atom is 0.410 e. The standard InChI is InChI=1S/C28H36N4O5/c1-16-21(31-14-15-32(20-13-12-19(20)31)26(33)37-27(2,3)4)22(35-7)23-24(29-16)30-25(36-23)17-8-10-18(11-9-17)28(5,6)34/h8-11,19-20,34H,12-15H2,1-7H3. The first kappa shape index (κ1) is 25.3. The molecule has 5 rings (SSSR count). The Labute approximate surface area is 217 Å². The molecule has 9 heteroatoms. The fourth-order valence-electron chi connectivity index (χ4n) is 5.26. The molecular formula is C28H36N4O5. The van der Waals surface area contributed by atoms with Gasteiger partial charge in [-0.05, 0) is 72.1 Å². The SMILES string of the molecule is COc1c(N2CCN(C(=O)OC(C)(C)C)C3CCC32)c(C)nc2nc(-c3ccc(C(C)(C)O)cc3)oc12. The molecule has 1 N–H and O–H groups in total. The number of hydrogen-bond acceptors (Lipinski definition) is 8. The van der Waals surface area contributed by atoms with Gasteiger partial charge in [-0.2, -0.15) is 4.98 Å². The number of carbonyl (C=O) groups excluding carboxylic acids is 1. The quantitative estimate of drug-likeness (QED) is 0.524. The molecule has 2 unspecified atom stereocenters. The fourth-order valence-corrected chi connectivity index (χ4v) is 5.26. The molecule has 37 heavy (non-hydrogen) atoms. The Morgan fingerprint density at radius 3 is 2.30 bits per heavy atom. The zero-order chi connectivity index (χ0) is 26.7. The summed E-state index contributed by atoms with van der Waals surface area (Å²) < 4.78 is 17.8. The summed E-state index contributed by atoms with van der Waals surface area (Å²) in [5, 5.41) is 10.3. The predicted octanol–water partition coefficient (Wildman–Crippen LogP) is 5.02. The number of piperazine rings is 1. The van der Waals surface area contributed by atoms with Gasteiger partial charge in [-0.1, -0.05) is 12.1 Å². The number of rotatable bonds is 4. The minimum absolute atomic E-state index is 0.0861. The Balaban J connectivity index is 1.47. The third-order valence-corrected chi connectivity index (χ3v) is 7.19. The minimum atomic E-state index is -0.927. The van der Waals surface area contributed by atoms with Crippen molar-refractivity contribution in [3.8, 4) is 17.2 Å². The number of anilines is 1. The number of fused-ring (bicyclic) bond motifs is 2. The lowest BCUT2D eigenvalue weighted by atomic mass is 9.81. The topological polar surface area (TPSA) is 101 Å². The van der Waals surface area contributed by atoms with Crippen LogP contribution in [-0.2, 0) is 10.3 Å². The molecular weight excluding hydrogens is 472 g/mol. The number of aryl methyl sites for hydroxylation is 1. The lowest BCUT2D eigenvalue weighted by molar-refractivity contribution is -0.00451. The van der Waals surface area contributed by atoms with Gasteiger partial charge in [0.05, 0.1) is 24.4 Å². The average Bonchev–Trinajstić information content (AvgIpc) is 3.20. The molecule has 2 aliphatic rings. The van der Waals surface area contributed by atoms with E-state index in [0.29, 0.717) is 36.0 Å². The van der Waals surface area contributed by atoms with Crippen LogP contribution in [0.15, 0.2) is 28.7 Å². The molecule has 1 amide bonds. The molecule has 9 nitrogen and oxygen atoms in total. The normalized spacial score (nSPS) is 20.0. The second-order valence-electron chi connectivity index (χ2n) is 11.5. The highest BCUT2D eigenvalue weighted by Crippen LogP contribution is 2.45. The van der Waals surface area contributed by atoms with Crippen molar-refractivity contribution in [3.63, 3.8) is 0 Å². The van der Waals surface area contributed by atoms with Crippen molar-refractivity contribution in [3.05, 3.63) is 35.5 Å². The number of carbonyl (C=O) groups is 1. The number of pyridine rings is 1. The maximum atomic E-state index is 12.8. The van der Waals surface area contributed by atoms with Gasteiger partial charge < -0.3 is 28.8 Å². The summed E-state index contributed by atoms with van der Waals surface area (Å²) in [5.74, 6) is 1.04. The highest BCUT2D eigenvalue weighted by Gasteiger charge is 2.47. The summed E-state index contributed by atoms with van der Waals surface area (Å²) >= 11 is 0. The Hall–Kier alpha value is -3.33. The van der Waals surface area contributed by atoms with Crippen molar-refractivity contribution in [2.75, 3.05) is 25.1 Å². The van der Waals surface area contributed by atoms with Crippen LogP contribution in [0, 0.1) is 6.92 Å².